The van der Waals surface area contributed by atoms with Gasteiger partial charge in [-0.15, -0.1) is 12.4 Å². The van der Waals surface area contributed by atoms with Gasteiger partial charge in [0.1, 0.15) is 5.75 Å². The van der Waals surface area contributed by atoms with Gasteiger partial charge in [0, 0.05) is 18.0 Å². The lowest BCUT2D eigenvalue weighted by Crippen LogP contribution is -2.21. The second-order valence-corrected chi connectivity index (χ2v) is 3.75. The highest BCUT2D eigenvalue weighted by Gasteiger charge is 2.21. The highest BCUT2D eigenvalue weighted by Crippen LogP contribution is 2.32. The van der Waals surface area contributed by atoms with Gasteiger partial charge in [0.15, 0.2) is 0 Å². The number of benzene rings is 1. The van der Waals surface area contributed by atoms with Crippen LogP contribution in [0.25, 0.3) is 0 Å². The number of nitrogens with two attached hydrogens (primary N) is 1. The molecular weight excluding hydrogens is 230 g/mol. The summed E-state index contributed by atoms with van der Waals surface area (Å²) >= 11 is 0. The van der Waals surface area contributed by atoms with E-state index in [2.05, 4.69) is 0 Å². The molecule has 0 bridgehead atoms. The van der Waals surface area contributed by atoms with Crippen molar-refractivity contribution in [2.45, 2.75) is 19.4 Å². The third kappa shape index (κ3) is 2.13. The first-order chi connectivity index (χ1) is 7.09. The van der Waals surface area contributed by atoms with E-state index >= 15 is 0 Å². The molecule has 4 nitrogen and oxygen atoms in total. The summed E-state index contributed by atoms with van der Waals surface area (Å²) < 4.78 is 5.44. The molecule has 0 unspecified atom stereocenters. The van der Waals surface area contributed by atoms with Crippen molar-refractivity contribution >= 4 is 18.4 Å². The quantitative estimate of drug-likeness (QED) is 0.790. The summed E-state index contributed by atoms with van der Waals surface area (Å²) in [6.45, 7) is 2.35. The van der Waals surface area contributed by atoms with Gasteiger partial charge in [-0.25, -0.2) is 4.79 Å². The maximum Gasteiger partial charge on any atom is 0.335 e. The molecular formula is C11H14ClNO3. The van der Waals surface area contributed by atoms with E-state index in [1.165, 1.54) is 0 Å². The lowest BCUT2D eigenvalue weighted by Gasteiger charge is -2.23. The molecule has 1 atom stereocenters. The van der Waals surface area contributed by atoms with Gasteiger partial charge in [-0.3, -0.25) is 0 Å². The average Bonchev–Trinajstić information content (AvgIpc) is 2.16. The number of fused-ring (bicyclic) bond motifs is 1. The molecule has 16 heavy (non-hydrogen) atoms. The van der Waals surface area contributed by atoms with E-state index in [9.17, 15) is 4.79 Å². The normalized spacial score (nSPS) is 18.0. The van der Waals surface area contributed by atoms with Crippen LogP contribution in [0.2, 0.25) is 0 Å². The van der Waals surface area contributed by atoms with Crippen molar-refractivity contribution in [3.63, 3.8) is 0 Å². The van der Waals surface area contributed by atoms with Gasteiger partial charge >= 0.3 is 5.97 Å². The minimum atomic E-state index is -0.923. The number of carboxylic acid groups (broad SMARTS) is 1. The van der Waals surface area contributed by atoms with E-state index < -0.39 is 5.97 Å². The summed E-state index contributed by atoms with van der Waals surface area (Å²) in [5.41, 5.74) is 7.69. The zero-order chi connectivity index (χ0) is 11.0. The van der Waals surface area contributed by atoms with Crippen LogP contribution in [0.4, 0.5) is 0 Å². The van der Waals surface area contributed by atoms with Crippen molar-refractivity contribution < 1.29 is 14.6 Å². The van der Waals surface area contributed by atoms with Gasteiger partial charge in [-0.05, 0) is 24.6 Å². The monoisotopic (exact) mass is 243 g/mol. The van der Waals surface area contributed by atoms with E-state index in [0.29, 0.717) is 17.7 Å². The highest BCUT2D eigenvalue weighted by atomic mass is 35.5. The number of halogens is 1. The molecule has 3 N–H and O–H groups in total. The average molecular weight is 244 g/mol. The van der Waals surface area contributed by atoms with Crippen molar-refractivity contribution in [2.24, 2.45) is 5.73 Å². The second kappa shape index (κ2) is 4.72. The maximum atomic E-state index is 10.9. The minimum Gasteiger partial charge on any atom is -0.493 e. The van der Waals surface area contributed by atoms with Crippen LogP contribution in [-0.4, -0.2) is 17.7 Å². The SMILES string of the molecule is Cc1cc2c(cc1C(=O)O)[C@H](N)CCO2.Cl. The zero-order valence-corrected chi connectivity index (χ0v) is 9.71. The fraction of sp³-hybridized carbons (Fsp3) is 0.364. The Hall–Kier alpha value is -1.26. The van der Waals surface area contributed by atoms with Crippen LogP contribution in [-0.2, 0) is 0 Å². The first-order valence-electron chi connectivity index (χ1n) is 4.86. The van der Waals surface area contributed by atoms with E-state index in [1.54, 1.807) is 19.1 Å². The lowest BCUT2D eigenvalue weighted by atomic mass is 9.96. The second-order valence-electron chi connectivity index (χ2n) is 3.75. The highest BCUT2D eigenvalue weighted by molar-refractivity contribution is 5.90. The Bertz CT molecular complexity index is 420. The fourth-order valence-electron chi connectivity index (χ4n) is 1.79. The molecule has 0 saturated heterocycles. The third-order valence-corrected chi connectivity index (χ3v) is 2.67. The molecule has 1 aromatic rings. The predicted molar refractivity (Wildman–Crippen MR) is 62.4 cm³/mol. The number of hydrogen-bond acceptors (Lipinski definition) is 3. The van der Waals surface area contributed by atoms with Crippen LogP contribution in [0.1, 0.15) is 33.9 Å². The van der Waals surface area contributed by atoms with E-state index in [-0.39, 0.29) is 18.4 Å². The molecule has 1 aromatic carbocycles. The van der Waals surface area contributed by atoms with E-state index in [4.69, 9.17) is 15.6 Å². The summed E-state index contributed by atoms with van der Waals surface area (Å²) in [6.07, 6.45) is 0.731. The van der Waals surface area contributed by atoms with Crippen LogP contribution < -0.4 is 10.5 Å². The maximum absolute atomic E-state index is 10.9. The summed E-state index contributed by atoms with van der Waals surface area (Å²) in [7, 11) is 0. The van der Waals surface area contributed by atoms with E-state index in [0.717, 1.165) is 17.7 Å². The molecule has 5 heteroatoms. The van der Waals surface area contributed by atoms with Crippen molar-refractivity contribution in [1.29, 1.82) is 0 Å². The van der Waals surface area contributed by atoms with Crippen LogP contribution >= 0.6 is 12.4 Å². The van der Waals surface area contributed by atoms with Gasteiger partial charge in [0.05, 0.1) is 12.2 Å². The van der Waals surface area contributed by atoms with Gasteiger partial charge < -0.3 is 15.6 Å². The first kappa shape index (κ1) is 12.8. The third-order valence-electron chi connectivity index (χ3n) is 2.67. The number of carboxylic acids is 1. The van der Waals surface area contributed by atoms with Gasteiger partial charge in [0.25, 0.3) is 0 Å². The summed E-state index contributed by atoms with van der Waals surface area (Å²) in [5.74, 6) is -0.204. The van der Waals surface area contributed by atoms with Gasteiger partial charge in [-0.2, -0.15) is 0 Å². The van der Waals surface area contributed by atoms with E-state index in [1.807, 2.05) is 0 Å². The Balaban J connectivity index is 0.00000128. The van der Waals surface area contributed by atoms with Crippen LogP contribution in [0, 0.1) is 6.92 Å². The molecule has 0 radical (unpaired) electrons. The molecule has 0 spiro atoms. The largest absolute Gasteiger partial charge is 0.493 e. The predicted octanol–water partition coefficient (Wildman–Crippen LogP) is 1.90. The Kier molecular flexibility index (Phi) is 3.78. The number of hydrogen-bond donors (Lipinski definition) is 2. The van der Waals surface area contributed by atoms with Crippen molar-refractivity contribution in [1.82, 2.24) is 0 Å². The van der Waals surface area contributed by atoms with Crippen LogP contribution in [0.15, 0.2) is 12.1 Å². The first-order valence-corrected chi connectivity index (χ1v) is 4.86. The van der Waals surface area contributed by atoms with Crippen molar-refractivity contribution in [2.75, 3.05) is 6.61 Å². The number of carbonyl (C=O) groups is 1. The number of ether oxygens (including phenoxy) is 1. The molecule has 1 heterocycles. The zero-order valence-electron chi connectivity index (χ0n) is 8.90. The Morgan fingerprint density at radius 1 is 1.56 bits per heavy atom. The van der Waals surface area contributed by atoms with Crippen molar-refractivity contribution in [3.8, 4) is 5.75 Å². The topological polar surface area (TPSA) is 72.5 Å². The molecule has 1 aliphatic rings. The molecule has 1 aliphatic heterocycles. The van der Waals surface area contributed by atoms with Gasteiger partial charge in [-0.1, -0.05) is 0 Å². The number of aromatic carboxylic acids is 1. The Labute approximate surface area is 99.8 Å². The molecule has 88 valence electrons. The van der Waals surface area contributed by atoms with Crippen LogP contribution in [0.5, 0.6) is 5.75 Å². The van der Waals surface area contributed by atoms with Gasteiger partial charge in [0.2, 0.25) is 0 Å². The molecule has 0 amide bonds. The Morgan fingerprint density at radius 3 is 2.88 bits per heavy atom. The smallest absolute Gasteiger partial charge is 0.335 e. The Morgan fingerprint density at radius 2 is 2.25 bits per heavy atom. The molecule has 0 aromatic heterocycles. The number of rotatable bonds is 1. The number of aryl methyl sites for hydroxylation is 1. The molecule has 0 fully saturated rings. The summed E-state index contributed by atoms with van der Waals surface area (Å²) in [6, 6.07) is 3.25. The molecule has 0 saturated carbocycles. The fourth-order valence-corrected chi connectivity index (χ4v) is 1.79. The lowest BCUT2D eigenvalue weighted by molar-refractivity contribution is 0.0696. The summed E-state index contributed by atoms with van der Waals surface area (Å²) in [4.78, 5) is 10.9. The van der Waals surface area contributed by atoms with Crippen LogP contribution in [0.3, 0.4) is 0 Å². The minimum absolute atomic E-state index is 0. The van der Waals surface area contributed by atoms with Crippen molar-refractivity contribution in [3.05, 3.63) is 28.8 Å². The summed E-state index contributed by atoms with van der Waals surface area (Å²) in [5, 5.41) is 8.97. The molecule has 0 aliphatic carbocycles. The standard InChI is InChI=1S/C11H13NO3.ClH/c1-6-4-10-8(5-7(6)11(13)14)9(12)2-3-15-10;/h4-5,9H,2-3,12H2,1H3,(H,13,14);1H/t9-;/m1./s1. The molecule has 2 rings (SSSR count).